The number of halogens is 2. The van der Waals surface area contributed by atoms with Gasteiger partial charge in [-0.15, -0.1) is 0 Å². The number of amides is 1. The summed E-state index contributed by atoms with van der Waals surface area (Å²) in [4.78, 5) is 38.6. The van der Waals surface area contributed by atoms with Gasteiger partial charge in [0.15, 0.2) is 5.82 Å². The number of hydrogen-bond acceptors (Lipinski definition) is 6. The molecule has 6 aromatic rings. The second-order valence-electron chi connectivity index (χ2n) is 10.3. The molecular weight excluding hydrogens is 615 g/mol. The van der Waals surface area contributed by atoms with Crippen LogP contribution in [0.4, 0.5) is 0 Å². The van der Waals surface area contributed by atoms with Gasteiger partial charge < -0.3 is 5.11 Å². The number of phenols is 1. The molecule has 44 heavy (non-hydrogen) atoms. The fourth-order valence-electron chi connectivity index (χ4n) is 5.25. The molecule has 10 heteroatoms. The van der Waals surface area contributed by atoms with Gasteiger partial charge in [-0.2, -0.15) is 4.68 Å². The summed E-state index contributed by atoms with van der Waals surface area (Å²) in [5, 5.41) is 13.0. The van der Waals surface area contributed by atoms with Crippen LogP contribution in [0.15, 0.2) is 107 Å². The Hall–Kier alpha value is -4.63. The van der Waals surface area contributed by atoms with Crippen LogP contribution in [0.25, 0.3) is 39.3 Å². The average molecular weight is 638 g/mol. The molecule has 1 unspecified atom stereocenters. The van der Waals surface area contributed by atoms with E-state index in [1.54, 1.807) is 78.9 Å². The van der Waals surface area contributed by atoms with Crippen LogP contribution < -0.4 is 10.6 Å². The van der Waals surface area contributed by atoms with Crippen molar-refractivity contribution in [3.8, 4) is 17.1 Å². The lowest BCUT2D eigenvalue weighted by atomic mass is 10.1. The predicted octanol–water partition coefficient (Wildman–Crippen LogP) is 7.88. The Morgan fingerprint density at radius 1 is 0.864 bits per heavy atom. The highest BCUT2D eigenvalue weighted by Crippen LogP contribution is 2.48. The molecule has 1 N–H and O–H groups in total. The second-order valence-corrected chi connectivity index (χ2v) is 12.2. The number of aromatic nitrogens is 3. The van der Waals surface area contributed by atoms with Crippen LogP contribution in [0.3, 0.4) is 0 Å². The van der Waals surface area contributed by atoms with E-state index in [4.69, 9.17) is 28.2 Å². The lowest BCUT2D eigenvalue weighted by molar-refractivity contribution is -0.115. The zero-order valence-electron chi connectivity index (χ0n) is 23.1. The van der Waals surface area contributed by atoms with Crippen molar-refractivity contribution < 1.29 is 9.90 Å². The highest BCUT2D eigenvalue weighted by molar-refractivity contribution is 8.05. The van der Waals surface area contributed by atoms with E-state index in [0.29, 0.717) is 43.0 Å². The van der Waals surface area contributed by atoms with E-state index in [1.165, 1.54) is 21.4 Å². The van der Waals surface area contributed by atoms with Crippen molar-refractivity contribution in [3.05, 3.63) is 139 Å². The van der Waals surface area contributed by atoms with Gasteiger partial charge in [0.2, 0.25) is 0 Å². The Labute approximate surface area is 266 Å². The largest absolute Gasteiger partial charge is 0.507 e. The van der Waals surface area contributed by atoms with Crippen molar-refractivity contribution in [1.82, 2.24) is 14.6 Å². The summed E-state index contributed by atoms with van der Waals surface area (Å²) in [6.07, 6.45) is 1.61. The maximum absolute atomic E-state index is 14.4. The summed E-state index contributed by atoms with van der Waals surface area (Å²) in [6, 6.07) is 28.4. The molecule has 0 saturated carbocycles. The summed E-state index contributed by atoms with van der Waals surface area (Å²) in [7, 11) is 0. The maximum atomic E-state index is 14.4. The van der Waals surface area contributed by atoms with Crippen molar-refractivity contribution >= 4 is 68.8 Å². The molecule has 7 rings (SSSR count). The Morgan fingerprint density at radius 2 is 1.61 bits per heavy atom. The number of aryl methyl sites for hydroxylation is 1. The van der Waals surface area contributed by atoms with Crippen molar-refractivity contribution in [2.45, 2.75) is 12.3 Å². The van der Waals surface area contributed by atoms with Crippen LogP contribution in [-0.2, 0) is 4.79 Å². The molecule has 0 bridgehead atoms. The zero-order valence-corrected chi connectivity index (χ0v) is 25.4. The minimum Gasteiger partial charge on any atom is -0.507 e. The number of carbonyl (C=O) groups excluding carboxylic acids is 1. The summed E-state index contributed by atoms with van der Waals surface area (Å²) in [6.45, 7) is 1.99. The van der Waals surface area contributed by atoms with E-state index < -0.39 is 16.8 Å². The van der Waals surface area contributed by atoms with Crippen molar-refractivity contribution in [1.29, 1.82) is 0 Å². The lowest BCUT2D eigenvalue weighted by Crippen LogP contribution is -2.46. The molecule has 0 radical (unpaired) electrons. The third-order valence-corrected chi connectivity index (χ3v) is 9.17. The molecule has 1 atom stereocenters. The highest BCUT2D eigenvalue weighted by Gasteiger charge is 2.42. The number of carbonyl (C=O) groups is 1. The number of fused-ring (bicyclic) bond motifs is 2. The van der Waals surface area contributed by atoms with Crippen molar-refractivity contribution in [2.24, 2.45) is 0 Å². The van der Waals surface area contributed by atoms with E-state index in [9.17, 15) is 14.7 Å². The van der Waals surface area contributed by atoms with Gasteiger partial charge in [-0.1, -0.05) is 76.9 Å². The summed E-state index contributed by atoms with van der Waals surface area (Å²) in [5.41, 5.74) is 3.41. The van der Waals surface area contributed by atoms with Crippen molar-refractivity contribution in [3.63, 3.8) is 0 Å². The molecule has 3 heterocycles. The Kier molecular flexibility index (Phi) is 7.13. The van der Waals surface area contributed by atoms with E-state index in [-0.39, 0.29) is 16.7 Å². The SMILES string of the molecule is Cc1ccc2nc(Cl)c(C3SC(=Cc4ccccc4O)C(=O)N3n3c(-c4ccc(Cl)cc4)nc4ccccc4c3=O)cc2c1. The molecule has 1 fully saturated rings. The number of para-hydroxylation sites is 2. The van der Waals surface area contributed by atoms with E-state index in [1.807, 2.05) is 31.2 Å². The van der Waals surface area contributed by atoms with Crippen LogP contribution in [0.5, 0.6) is 5.75 Å². The van der Waals surface area contributed by atoms with Gasteiger partial charge in [-0.25, -0.2) is 15.0 Å². The van der Waals surface area contributed by atoms with Gasteiger partial charge in [0.05, 0.1) is 21.3 Å². The third-order valence-electron chi connectivity index (χ3n) is 7.39. The first-order valence-electron chi connectivity index (χ1n) is 13.6. The number of nitrogens with zero attached hydrogens (tertiary/aromatic N) is 4. The van der Waals surface area contributed by atoms with Gasteiger partial charge in [-0.05, 0) is 73.7 Å². The van der Waals surface area contributed by atoms with Gasteiger partial charge in [0.1, 0.15) is 16.3 Å². The molecule has 1 aliphatic rings. The fraction of sp³-hybridized carbons (Fsp3) is 0.0588. The minimum atomic E-state index is -0.795. The average Bonchev–Trinajstić information content (AvgIpc) is 3.33. The number of pyridine rings is 1. The third kappa shape index (κ3) is 4.91. The number of rotatable bonds is 4. The quantitative estimate of drug-likeness (QED) is 0.156. The van der Waals surface area contributed by atoms with Gasteiger partial charge in [-0.3, -0.25) is 9.59 Å². The van der Waals surface area contributed by atoms with Crippen LogP contribution in [0.2, 0.25) is 10.2 Å². The normalized spacial score (nSPS) is 16.0. The molecule has 216 valence electrons. The Balaban J connectivity index is 1.51. The molecular formula is C34H22Cl2N4O3S. The van der Waals surface area contributed by atoms with Crippen molar-refractivity contribution in [2.75, 3.05) is 5.01 Å². The summed E-state index contributed by atoms with van der Waals surface area (Å²) < 4.78 is 1.31. The van der Waals surface area contributed by atoms with E-state index in [0.717, 1.165) is 10.9 Å². The van der Waals surface area contributed by atoms with Crippen LogP contribution in [-0.4, -0.2) is 25.7 Å². The highest BCUT2D eigenvalue weighted by atomic mass is 35.5. The monoisotopic (exact) mass is 636 g/mol. The topological polar surface area (TPSA) is 88.3 Å². The molecule has 0 aliphatic carbocycles. The number of thioether (sulfide) groups is 1. The number of aromatic hydroxyl groups is 1. The van der Waals surface area contributed by atoms with Gasteiger partial charge in [0, 0.05) is 27.1 Å². The second kappa shape index (κ2) is 11.1. The number of hydrogen-bond donors (Lipinski definition) is 1. The van der Waals surface area contributed by atoms with E-state index >= 15 is 0 Å². The van der Waals surface area contributed by atoms with Crippen LogP contribution in [0, 0.1) is 6.92 Å². The molecule has 1 saturated heterocycles. The number of benzene rings is 4. The number of phenolic OH excluding ortho intramolecular Hbond substituents is 1. The lowest BCUT2D eigenvalue weighted by Gasteiger charge is -2.28. The molecule has 4 aromatic carbocycles. The van der Waals surface area contributed by atoms with Crippen LogP contribution in [0.1, 0.15) is 22.1 Å². The smallest absolute Gasteiger partial charge is 0.280 e. The standard InChI is InChI=1S/C34H22Cl2N4O3S/c1-19-10-15-26-22(16-19)17-25(30(36)37-26)34-40(33(43)29(44-34)18-21-6-2-5-9-28(21)41)39-31(20-11-13-23(35)14-12-20)38-27-8-4-3-7-24(27)32(39)42/h2-18,34,41H,1H3. The molecule has 7 nitrogen and oxygen atoms in total. The maximum Gasteiger partial charge on any atom is 0.280 e. The Morgan fingerprint density at radius 3 is 2.41 bits per heavy atom. The molecule has 0 spiro atoms. The van der Waals surface area contributed by atoms with Gasteiger partial charge >= 0.3 is 0 Å². The first-order chi connectivity index (χ1) is 21.3. The van der Waals surface area contributed by atoms with E-state index in [2.05, 4.69) is 4.98 Å². The molecule has 2 aromatic heterocycles. The first kappa shape index (κ1) is 28.2. The summed E-state index contributed by atoms with van der Waals surface area (Å²) >= 11 is 14.2. The van der Waals surface area contributed by atoms with Crippen LogP contribution >= 0.6 is 35.0 Å². The first-order valence-corrected chi connectivity index (χ1v) is 15.3. The molecule has 1 aliphatic heterocycles. The fourth-order valence-corrected chi connectivity index (χ4v) is 6.91. The summed E-state index contributed by atoms with van der Waals surface area (Å²) in [5.74, 6) is -0.178. The molecule has 1 amide bonds. The predicted molar refractivity (Wildman–Crippen MR) is 178 cm³/mol. The van der Waals surface area contributed by atoms with Gasteiger partial charge in [0.25, 0.3) is 11.5 Å². The zero-order chi connectivity index (χ0) is 30.5. The minimum absolute atomic E-state index is 0.0238. The Bertz CT molecular complexity index is 2220.